The van der Waals surface area contributed by atoms with Crippen molar-refractivity contribution in [3.63, 3.8) is 0 Å². The molecule has 8 nitrogen and oxygen atoms in total. The Morgan fingerprint density at radius 3 is 2.33 bits per heavy atom. The van der Waals surface area contributed by atoms with Crippen molar-refractivity contribution < 1.29 is 24.2 Å². The minimum absolute atomic E-state index is 0.00961. The van der Waals surface area contributed by atoms with Gasteiger partial charge in [0.25, 0.3) is 5.91 Å². The number of carbonyl (C=O) groups is 3. The lowest BCUT2D eigenvalue weighted by molar-refractivity contribution is -0.130. The van der Waals surface area contributed by atoms with E-state index in [0.29, 0.717) is 10.6 Å². The summed E-state index contributed by atoms with van der Waals surface area (Å²) in [5.41, 5.74) is 6.81. The van der Waals surface area contributed by atoms with Crippen LogP contribution in [0.3, 0.4) is 0 Å². The number of phenolic OH excluding ortho intramolecular Hbond substituents is 1. The van der Waals surface area contributed by atoms with Gasteiger partial charge in [-0.15, -0.1) is 11.3 Å². The number of hydrogen-bond acceptors (Lipinski definition) is 7. The summed E-state index contributed by atoms with van der Waals surface area (Å²) in [4.78, 5) is 40.3. The van der Waals surface area contributed by atoms with Crippen molar-refractivity contribution in [3.8, 4) is 5.75 Å². The minimum Gasteiger partial charge on any atom is -0.507 e. The molecular weight excluding hydrogens is 406 g/mol. The Balaban J connectivity index is 1.93. The predicted molar refractivity (Wildman–Crippen MR) is 113 cm³/mol. The molecule has 1 heterocycles. The Hall–Kier alpha value is -2.94. The van der Waals surface area contributed by atoms with Gasteiger partial charge in [0, 0.05) is 11.1 Å². The monoisotopic (exact) mass is 433 g/mol. The first kappa shape index (κ1) is 23.3. The molecule has 2 rings (SSSR count). The van der Waals surface area contributed by atoms with Crippen molar-refractivity contribution in [1.29, 1.82) is 0 Å². The van der Waals surface area contributed by atoms with Crippen LogP contribution in [-0.4, -0.2) is 34.5 Å². The lowest BCUT2D eigenvalue weighted by Gasteiger charge is -2.16. The number of phenols is 1. The molecule has 0 aliphatic heterocycles. The molecule has 0 radical (unpaired) electrons. The molecule has 0 saturated carbocycles. The van der Waals surface area contributed by atoms with Gasteiger partial charge in [-0.25, -0.2) is 9.78 Å². The Bertz CT molecular complexity index is 937. The zero-order valence-corrected chi connectivity index (χ0v) is 18.6. The molecule has 2 amide bonds. The fourth-order valence-corrected chi connectivity index (χ4v) is 3.43. The summed E-state index contributed by atoms with van der Waals surface area (Å²) < 4.78 is 5.02. The van der Waals surface area contributed by atoms with E-state index in [0.717, 1.165) is 11.3 Å². The van der Waals surface area contributed by atoms with Crippen molar-refractivity contribution in [2.45, 2.75) is 52.9 Å². The van der Waals surface area contributed by atoms with Gasteiger partial charge in [0.1, 0.15) is 16.3 Å². The lowest BCUT2D eigenvalue weighted by Crippen LogP contribution is -2.44. The molecule has 9 heteroatoms. The first-order chi connectivity index (χ1) is 14.1. The van der Waals surface area contributed by atoms with Gasteiger partial charge in [0.05, 0.1) is 6.42 Å². The number of benzene rings is 1. The normalized spacial score (nSPS) is 10.9. The maximum absolute atomic E-state index is 12.4. The summed E-state index contributed by atoms with van der Waals surface area (Å²) in [6.07, 6.45) is 0.0341. The van der Waals surface area contributed by atoms with Crippen molar-refractivity contribution in [3.05, 3.63) is 44.9 Å². The molecule has 0 spiro atoms. The molecular formula is C21H27N3O5S. The Morgan fingerprint density at radius 2 is 1.77 bits per heavy atom. The van der Waals surface area contributed by atoms with Crippen LogP contribution < -0.4 is 10.9 Å². The highest BCUT2D eigenvalue weighted by molar-refractivity contribution is 7.09. The van der Waals surface area contributed by atoms with Gasteiger partial charge in [-0.3, -0.25) is 20.4 Å². The number of hydrazine groups is 1. The molecule has 1 aromatic heterocycles. The van der Waals surface area contributed by atoms with Crippen LogP contribution in [0, 0.1) is 6.92 Å². The van der Waals surface area contributed by atoms with E-state index >= 15 is 0 Å². The number of aryl methyl sites for hydroxylation is 1. The van der Waals surface area contributed by atoms with E-state index in [-0.39, 0.29) is 29.6 Å². The number of aromatic nitrogens is 1. The van der Waals surface area contributed by atoms with Gasteiger partial charge in [-0.2, -0.15) is 0 Å². The second kappa shape index (κ2) is 10.2. The molecule has 0 aliphatic rings. The van der Waals surface area contributed by atoms with Gasteiger partial charge in [-0.05, 0) is 36.0 Å². The van der Waals surface area contributed by atoms with E-state index in [1.54, 1.807) is 6.07 Å². The molecule has 30 heavy (non-hydrogen) atoms. The van der Waals surface area contributed by atoms with Crippen LogP contribution in [0.15, 0.2) is 17.5 Å². The van der Waals surface area contributed by atoms with Crippen molar-refractivity contribution in [1.82, 2.24) is 15.8 Å². The fraction of sp³-hybridized carbons (Fsp3) is 0.429. The topological polar surface area (TPSA) is 118 Å². The Morgan fingerprint density at radius 1 is 1.10 bits per heavy atom. The molecule has 0 fully saturated rings. The van der Waals surface area contributed by atoms with E-state index < -0.39 is 24.4 Å². The molecule has 0 bridgehead atoms. The van der Waals surface area contributed by atoms with Crippen LogP contribution in [0.2, 0.25) is 0 Å². The van der Waals surface area contributed by atoms with E-state index in [1.165, 1.54) is 11.3 Å². The highest BCUT2D eigenvalue weighted by atomic mass is 32.1. The molecule has 2 aromatic rings. The van der Waals surface area contributed by atoms with E-state index in [9.17, 15) is 19.5 Å². The summed E-state index contributed by atoms with van der Waals surface area (Å²) in [5.74, 6) is -1.93. The molecule has 162 valence electrons. The summed E-state index contributed by atoms with van der Waals surface area (Å²) in [5, 5.41) is 12.9. The molecule has 3 N–H and O–H groups in total. The summed E-state index contributed by atoms with van der Waals surface area (Å²) in [7, 11) is 0. The number of carbonyl (C=O) groups excluding carboxylic acids is 3. The maximum Gasteiger partial charge on any atom is 0.342 e. The zero-order valence-electron chi connectivity index (χ0n) is 17.7. The van der Waals surface area contributed by atoms with E-state index in [4.69, 9.17) is 4.74 Å². The summed E-state index contributed by atoms with van der Waals surface area (Å²) in [6.45, 7) is 9.02. The summed E-state index contributed by atoms with van der Waals surface area (Å²) >= 11 is 1.35. The average Bonchev–Trinajstić information content (AvgIpc) is 3.08. The number of nitrogens with zero attached hydrogens (tertiary/aromatic N) is 1. The third-order valence-electron chi connectivity index (χ3n) is 4.32. The third kappa shape index (κ3) is 6.28. The second-order valence-electron chi connectivity index (χ2n) is 7.55. The largest absolute Gasteiger partial charge is 0.507 e. The molecule has 0 unspecified atom stereocenters. The number of aromatic hydroxyl groups is 1. The molecule has 0 saturated heterocycles. The Labute approximate surface area is 179 Å². The molecule has 0 aliphatic carbocycles. The van der Waals surface area contributed by atoms with Crippen LogP contribution >= 0.6 is 11.3 Å². The smallest absolute Gasteiger partial charge is 0.342 e. The second-order valence-corrected chi connectivity index (χ2v) is 8.49. The van der Waals surface area contributed by atoms with Crippen LogP contribution in [0.5, 0.6) is 5.75 Å². The third-order valence-corrected chi connectivity index (χ3v) is 5.29. The average molecular weight is 434 g/mol. The summed E-state index contributed by atoms with van der Waals surface area (Å²) in [6, 6.07) is 3.44. The van der Waals surface area contributed by atoms with Crippen molar-refractivity contribution >= 4 is 29.1 Å². The molecule has 1 aromatic carbocycles. The first-order valence-corrected chi connectivity index (χ1v) is 10.5. The number of nitrogens with one attached hydrogen (secondary N) is 2. The number of thiazole rings is 1. The van der Waals surface area contributed by atoms with Crippen molar-refractivity contribution in [2.24, 2.45) is 0 Å². The fourth-order valence-electron chi connectivity index (χ4n) is 2.66. The van der Waals surface area contributed by atoms with Crippen LogP contribution in [-0.2, 0) is 20.7 Å². The van der Waals surface area contributed by atoms with Gasteiger partial charge in [0.15, 0.2) is 6.61 Å². The minimum atomic E-state index is -0.809. The van der Waals surface area contributed by atoms with Gasteiger partial charge in [0.2, 0.25) is 5.91 Å². The standard InChI is InChI=1S/C21H27N3O5S/c1-11(2)14-6-15(12(3)4)20(27)16(7-14)21(28)29-9-18(26)24-23-17(25)8-19-22-13(5)10-30-19/h6-7,10-12,27H,8-9H2,1-5H3,(H,23,25)(H,24,26). The maximum atomic E-state index is 12.4. The number of hydrogen-bond donors (Lipinski definition) is 3. The number of ether oxygens (including phenoxy) is 1. The van der Waals surface area contributed by atoms with E-state index in [2.05, 4.69) is 15.8 Å². The number of esters is 1. The van der Waals surface area contributed by atoms with Crippen molar-refractivity contribution in [2.75, 3.05) is 6.61 Å². The first-order valence-electron chi connectivity index (χ1n) is 9.61. The SMILES string of the molecule is Cc1csc(CC(=O)NNC(=O)COC(=O)c2cc(C(C)C)cc(C(C)C)c2O)n1. The van der Waals surface area contributed by atoms with E-state index in [1.807, 2.05) is 46.1 Å². The van der Waals surface area contributed by atoms with Gasteiger partial charge < -0.3 is 9.84 Å². The predicted octanol–water partition coefficient (Wildman–Crippen LogP) is 2.95. The van der Waals surface area contributed by atoms with Crippen LogP contribution in [0.1, 0.15) is 71.7 Å². The van der Waals surface area contributed by atoms with Gasteiger partial charge >= 0.3 is 5.97 Å². The quantitative estimate of drug-likeness (QED) is 0.456. The van der Waals surface area contributed by atoms with Gasteiger partial charge in [-0.1, -0.05) is 33.8 Å². The molecule has 0 atom stereocenters. The number of amides is 2. The highest BCUT2D eigenvalue weighted by Gasteiger charge is 2.21. The zero-order chi connectivity index (χ0) is 22.4. The lowest BCUT2D eigenvalue weighted by atomic mass is 9.92. The Kier molecular flexibility index (Phi) is 7.93. The van der Waals surface area contributed by atoms with Crippen LogP contribution in [0.4, 0.5) is 0 Å². The highest BCUT2D eigenvalue weighted by Crippen LogP contribution is 2.33. The number of rotatable bonds is 7. The van der Waals surface area contributed by atoms with Crippen LogP contribution in [0.25, 0.3) is 0 Å².